The van der Waals surface area contributed by atoms with Crippen molar-refractivity contribution < 1.29 is 24.4 Å². The van der Waals surface area contributed by atoms with Crippen molar-refractivity contribution in [2.24, 2.45) is 5.41 Å². The molecule has 0 heterocycles. The van der Waals surface area contributed by atoms with Crippen LogP contribution in [0.4, 0.5) is 5.69 Å². The van der Waals surface area contributed by atoms with Gasteiger partial charge >= 0.3 is 5.97 Å². The zero-order valence-electron chi connectivity index (χ0n) is 17.0. The lowest BCUT2D eigenvalue weighted by molar-refractivity contribution is -0.385. The van der Waals surface area contributed by atoms with Gasteiger partial charge in [-0.1, -0.05) is 32.1 Å². The SMILES string of the molecule is CC1=CC(=O)CC(C)(C)[C@@]1(O)/C=C/C(C)=C\C(=O)OCc1ccccc1[N+](=O)[O-]. The first-order valence-corrected chi connectivity index (χ1v) is 9.17. The fraction of sp³-hybridized carbons (Fsp3) is 0.364. The minimum Gasteiger partial charge on any atom is -0.457 e. The van der Waals surface area contributed by atoms with Gasteiger partial charge in [0.05, 0.1) is 10.5 Å². The van der Waals surface area contributed by atoms with Crippen molar-refractivity contribution in [3.8, 4) is 0 Å². The molecular formula is C22H25NO6. The molecule has 1 aromatic rings. The highest BCUT2D eigenvalue weighted by molar-refractivity contribution is 5.92. The Morgan fingerprint density at radius 3 is 2.62 bits per heavy atom. The fourth-order valence-corrected chi connectivity index (χ4v) is 3.35. The van der Waals surface area contributed by atoms with E-state index < -0.39 is 21.9 Å². The van der Waals surface area contributed by atoms with Crippen molar-refractivity contribution in [3.63, 3.8) is 0 Å². The van der Waals surface area contributed by atoms with Crippen molar-refractivity contribution in [1.29, 1.82) is 0 Å². The molecule has 1 atom stereocenters. The van der Waals surface area contributed by atoms with Gasteiger partial charge in [-0.15, -0.1) is 0 Å². The maximum Gasteiger partial charge on any atom is 0.331 e. The van der Waals surface area contributed by atoms with E-state index >= 15 is 0 Å². The molecule has 0 spiro atoms. The molecule has 29 heavy (non-hydrogen) atoms. The Hall–Kier alpha value is -3.06. The van der Waals surface area contributed by atoms with Crippen LogP contribution in [0.2, 0.25) is 0 Å². The number of hydrogen-bond donors (Lipinski definition) is 1. The van der Waals surface area contributed by atoms with Gasteiger partial charge in [-0.05, 0) is 43.2 Å². The van der Waals surface area contributed by atoms with Crippen LogP contribution in [-0.2, 0) is 20.9 Å². The van der Waals surface area contributed by atoms with Gasteiger partial charge in [0.1, 0.15) is 12.2 Å². The molecule has 0 fully saturated rings. The second-order valence-electron chi connectivity index (χ2n) is 7.84. The molecule has 7 heteroatoms. The van der Waals surface area contributed by atoms with Gasteiger partial charge < -0.3 is 9.84 Å². The predicted molar refractivity (Wildman–Crippen MR) is 108 cm³/mol. The summed E-state index contributed by atoms with van der Waals surface area (Å²) in [7, 11) is 0. The molecule has 1 aliphatic carbocycles. The first-order chi connectivity index (χ1) is 13.5. The molecule has 7 nitrogen and oxygen atoms in total. The minimum atomic E-state index is -1.31. The molecule has 1 N–H and O–H groups in total. The highest BCUT2D eigenvalue weighted by atomic mass is 16.6. The largest absolute Gasteiger partial charge is 0.457 e. The number of hydrogen-bond acceptors (Lipinski definition) is 6. The Labute approximate surface area is 169 Å². The zero-order chi connectivity index (χ0) is 21.8. The normalized spacial score (nSPS) is 21.8. The fourth-order valence-electron chi connectivity index (χ4n) is 3.35. The summed E-state index contributed by atoms with van der Waals surface area (Å²) in [6.45, 7) is 6.78. The number of benzene rings is 1. The molecule has 0 amide bonds. The summed E-state index contributed by atoms with van der Waals surface area (Å²) in [6.07, 6.45) is 6.07. The highest BCUT2D eigenvalue weighted by Gasteiger charge is 2.46. The lowest BCUT2D eigenvalue weighted by Crippen LogP contribution is -2.48. The number of nitro benzene ring substituents is 1. The van der Waals surface area contributed by atoms with E-state index in [1.807, 2.05) is 13.8 Å². The van der Waals surface area contributed by atoms with Crippen LogP contribution in [0.3, 0.4) is 0 Å². The number of allylic oxidation sites excluding steroid dienone is 3. The van der Waals surface area contributed by atoms with Crippen molar-refractivity contribution in [2.45, 2.75) is 46.3 Å². The van der Waals surface area contributed by atoms with Crippen LogP contribution in [0.1, 0.15) is 39.7 Å². The second kappa shape index (κ2) is 8.53. The first kappa shape index (κ1) is 22.2. The van der Waals surface area contributed by atoms with E-state index in [0.717, 1.165) is 0 Å². The number of nitrogens with zero attached hydrogens (tertiary/aromatic N) is 1. The van der Waals surface area contributed by atoms with E-state index in [1.54, 1.807) is 38.1 Å². The monoisotopic (exact) mass is 399 g/mol. The van der Waals surface area contributed by atoms with Gasteiger partial charge in [0.15, 0.2) is 5.78 Å². The average Bonchev–Trinajstić information content (AvgIpc) is 2.62. The van der Waals surface area contributed by atoms with Crippen molar-refractivity contribution in [1.82, 2.24) is 0 Å². The van der Waals surface area contributed by atoms with Gasteiger partial charge in [-0.25, -0.2) is 4.79 Å². The van der Waals surface area contributed by atoms with E-state index in [1.165, 1.54) is 24.3 Å². The number of carbonyl (C=O) groups is 2. The molecule has 2 rings (SSSR count). The van der Waals surface area contributed by atoms with E-state index in [0.29, 0.717) is 16.7 Å². The lowest BCUT2D eigenvalue weighted by Gasteiger charge is -2.44. The molecular weight excluding hydrogens is 374 g/mol. The zero-order valence-corrected chi connectivity index (χ0v) is 17.0. The molecule has 1 aliphatic rings. The number of ether oxygens (including phenoxy) is 1. The van der Waals surface area contributed by atoms with Crippen LogP contribution >= 0.6 is 0 Å². The highest BCUT2D eigenvalue weighted by Crippen LogP contribution is 2.44. The number of rotatable bonds is 6. The van der Waals surface area contributed by atoms with E-state index in [4.69, 9.17) is 4.74 Å². The Balaban J connectivity index is 2.09. The summed E-state index contributed by atoms with van der Waals surface area (Å²) in [6, 6.07) is 6.05. The molecule has 0 aromatic heterocycles. The second-order valence-corrected chi connectivity index (χ2v) is 7.84. The third-order valence-corrected chi connectivity index (χ3v) is 5.12. The third-order valence-electron chi connectivity index (χ3n) is 5.12. The molecule has 1 aromatic carbocycles. The number of para-hydroxylation sites is 1. The number of ketones is 1. The average molecular weight is 399 g/mol. The number of carbonyl (C=O) groups excluding carboxylic acids is 2. The predicted octanol–water partition coefficient (Wildman–Crippen LogP) is 3.82. The van der Waals surface area contributed by atoms with Crippen molar-refractivity contribution in [3.05, 3.63) is 75.4 Å². The van der Waals surface area contributed by atoms with Gasteiger partial charge in [0, 0.05) is 24.0 Å². The number of aliphatic hydroxyl groups is 1. The maximum absolute atomic E-state index is 12.1. The summed E-state index contributed by atoms with van der Waals surface area (Å²) < 4.78 is 5.11. The van der Waals surface area contributed by atoms with Gasteiger partial charge in [-0.2, -0.15) is 0 Å². The first-order valence-electron chi connectivity index (χ1n) is 9.17. The van der Waals surface area contributed by atoms with Crippen LogP contribution in [0.15, 0.2) is 59.7 Å². The Kier molecular flexibility index (Phi) is 6.54. The van der Waals surface area contributed by atoms with Gasteiger partial charge in [-0.3, -0.25) is 14.9 Å². The van der Waals surface area contributed by atoms with Crippen LogP contribution in [0.25, 0.3) is 0 Å². The van der Waals surface area contributed by atoms with Crippen LogP contribution < -0.4 is 0 Å². The number of esters is 1. The lowest BCUT2D eigenvalue weighted by atomic mass is 9.64. The molecule has 0 saturated heterocycles. The maximum atomic E-state index is 12.1. The standard InChI is InChI=1S/C22H25NO6/c1-15(9-10-22(26)16(2)12-18(24)13-21(22,3)4)11-20(25)29-14-17-7-5-6-8-19(17)23(27)28/h5-12,26H,13-14H2,1-4H3/b10-9+,15-11-/t22-/m1/s1. The Morgan fingerprint density at radius 1 is 1.34 bits per heavy atom. The molecule has 154 valence electrons. The molecule has 0 radical (unpaired) electrons. The molecule has 0 bridgehead atoms. The molecule has 0 saturated carbocycles. The van der Waals surface area contributed by atoms with Crippen LogP contribution in [-0.4, -0.2) is 27.4 Å². The third kappa shape index (κ3) is 5.06. The minimum absolute atomic E-state index is 0.0311. The quantitative estimate of drug-likeness (QED) is 0.256. The van der Waals surface area contributed by atoms with E-state index in [9.17, 15) is 24.8 Å². The van der Waals surface area contributed by atoms with Gasteiger partial charge in [0.25, 0.3) is 5.69 Å². The van der Waals surface area contributed by atoms with E-state index in [-0.39, 0.29) is 24.5 Å². The van der Waals surface area contributed by atoms with Crippen LogP contribution in [0.5, 0.6) is 0 Å². The van der Waals surface area contributed by atoms with E-state index in [2.05, 4.69) is 0 Å². The van der Waals surface area contributed by atoms with Crippen molar-refractivity contribution in [2.75, 3.05) is 0 Å². The summed E-state index contributed by atoms with van der Waals surface area (Å²) in [5.41, 5.74) is -0.736. The molecule has 0 aliphatic heterocycles. The Morgan fingerprint density at radius 2 is 2.00 bits per heavy atom. The summed E-state index contributed by atoms with van der Waals surface area (Å²) in [5.74, 6) is -0.681. The summed E-state index contributed by atoms with van der Waals surface area (Å²) in [5, 5.41) is 22.1. The molecule has 0 unspecified atom stereocenters. The van der Waals surface area contributed by atoms with Crippen molar-refractivity contribution >= 4 is 17.4 Å². The Bertz CT molecular complexity index is 925. The van der Waals surface area contributed by atoms with Gasteiger partial charge in [0.2, 0.25) is 0 Å². The summed E-state index contributed by atoms with van der Waals surface area (Å²) in [4.78, 5) is 34.3. The topological polar surface area (TPSA) is 107 Å². The smallest absolute Gasteiger partial charge is 0.331 e. The van der Waals surface area contributed by atoms with Crippen LogP contribution in [0, 0.1) is 15.5 Å². The summed E-state index contributed by atoms with van der Waals surface area (Å²) >= 11 is 0. The number of nitro groups is 1.